The van der Waals surface area contributed by atoms with Crippen molar-refractivity contribution >= 4 is 29.0 Å². The fraction of sp³-hybridized carbons (Fsp3) is 0.278. The van der Waals surface area contributed by atoms with Gasteiger partial charge in [0.15, 0.2) is 5.75 Å². The number of rotatable bonds is 4. The average Bonchev–Trinajstić information content (AvgIpc) is 3.23. The Hall–Kier alpha value is -3.11. The maximum atomic E-state index is 12.1. The van der Waals surface area contributed by atoms with Gasteiger partial charge in [-0.1, -0.05) is 36.0 Å². The Balaban J connectivity index is 1.69. The Bertz CT molecular complexity index is 1270. The van der Waals surface area contributed by atoms with E-state index in [0.717, 1.165) is 30.4 Å². The first-order chi connectivity index (χ1) is 14.3. The summed E-state index contributed by atoms with van der Waals surface area (Å²) in [6, 6.07) is 4.33. The van der Waals surface area contributed by atoms with Crippen molar-refractivity contribution in [3.8, 4) is 17.3 Å². The maximum Gasteiger partial charge on any atom is 0.349 e. The van der Waals surface area contributed by atoms with Crippen molar-refractivity contribution in [2.45, 2.75) is 31.6 Å². The van der Waals surface area contributed by atoms with Crippen molar-refractivity contribution in [3.05, 3.63) is 65.0 Å². The van der Waals surface area contributed by atoms with Crippen LogP contribution in [0.5, 0.6) is 11.6 Å². The molecule has 4 rings (SSSR count). The number of hydrogen-bond acceptors (Lipinski definition) is 7. The number of ether oxygens (including phenoxy) is 1. The summed E-state index contributed by atoms with van der Waals surface area (Å²) in [5.74, 6) is -0.00352. The number of anilines is 1. The number of benzene rings is 1. The van der Waals surface area contributed by atoms with E-state index in [0.29, 0.717) is 5.56 Å². The van der Waals surface area contributed by atoms with Gasteiger partial charge in [-0.15, -0.1) is 10.2 Å². The minimum atomic E-state index is -0.807. The normalized spacial score (nSPS) is 14.2. The molecule has 1 aliphatic rings. The summed E-state index contributed by atoms with van der Waals surface area (Å²) in [6.07, 6.45) is 4.02. The number of aromatic nitrogens is 5. The minimum absolute atomic E-state index is 0.0615. The first-order valence-electron chi connectivity index (χ1n) is 9.09. The van der Waals surface area contributed by atoms with Gasteiger partial charge < -0.3 is 10.5 Å². The number of nitrogens with zero attached hydrogens (tertiary/aromatic N) is 3. The van der Waals surface area contributed by atoms with Gasteiger partial charge in [0, 0.05) is 11.6 Å². The van der Waals surface area contributed by atoms with Gasteiger partial charge in [-0.3, -0.25) is 14.6 Å². The molecule has 2 aromatic heterocycles. The van der Waals surface area contributed by atoms with E-state index >= 15 is 0 Å². The fourth-order valence-electron chi connectivity index (χ4n) is 3.45. The summed E-state index contributed by atoms with van der Waals surface area (Å²) in [6.45, 7) is 0. The zero-order chi connectivity index (χ0) is 21.4. The molecular weight excluding hydrogens is 435 g/mol. The average molecular weight is 451 g/mol. The van der Waals surface area contributed by atoms with Crippen molar-refractivity contribution < 1.29 is 4.74 Å². The molecule has 1 fully saturated rings. The summed E-state index contributed by atoms with van der Waals surface area (Å²) >= 11 is 12.6. The van der Waals surface area contributed by atoms with E-state index in [1.807, 2.05) is 4.98 Å². The molecule has 2 heterocycles. The molecule has 3 aromatic rings. The van der Waals surface area contributed by atoms with Crippen LogP contribution in [0.2, 0.25) is 10.0 Å². The largest absolute Gasteiger partial charge is 0.434 e. The van der Waals surface area contributed by atoms with Gasteiger partial charge >= 0.3 is 5.69 Å². The molecule has 30 heavy (non-hydrogen) atoms. The smallest absolute Gasteiger partial charge is 0.349 e. The fourth-order valence-corrected chi connectivity index (χ4v) is 4.00. The van der Waals surface area contributed by atoms with Crippen molar-refractivity contribution in [2.24, 2.45) is 0 Å². The molecule has 1 saturated carbocycles. The number of aromatic amines is 2. The van der Waals surface area contributed by atoms with Gasteiger partial charge in [-0.25, -0.2) is 9.89 Å². The van der Waals surface area contributed by atoms with Crippen LogP contribution in [0.3, 0.4) is 0 Å². The van der Waals surface area contributed by atoms with Gasteiger partial charge in [0.05, 0.1) is 15.7 Å². The molecule has 0 unspecified atom stereocenters. The Kier molecular flexibility index (Phi) is 5.35. The standard InChI is InChI=1S/C18H16Cl2N6O4/c19-11-5-9(26-18(29)22-17(28)15(21)25-26)6-12(20)14(11)30-13-7-10(16(27)24-23-13)8-3-1-2-4-8/h5-8H,1-4H2,(H2,21,25)(H,24,27)(H,22,28,29). The highest BCUT2D eigenvalue weighted by molar-refractivity contribution is 6.37. The Morgan fingerprint density at radius 3 is 2.40 bits per heavy atom. The molecule has 4 N–H and O–H groups in total. The van der Waals surface area contributed by atoms with Crippen LogP contribution in [-0.4, -0.2) is 25.0 Å². The zero-order valence-electron chi connectivity index (χ0n) is 15.4. The number of halogens is 2. The van der Waals surface area contributed by atoms with Crippen LogP contribution in [0.25, 0.3) is 5.69 Å². The number of H-pyrrole nitrogens is 2. The lowest BCUT2D eigenvalue weighted by Gasteiger charge is -2.13. The van der Waals surface area contributed by atoms with Crippen LogP contribution < -0.4 is 27.3 Å². The maximum absolute atomic E-state index is 12.1. The van der Waals surface area contributed by atoms with Crippen molar-refractivity contribution in [1.29, 1.82) is 0 Å². The summed E-state index contributed by atoms with van der Waals surface area (Å²) in [7, 11) is 0. The second kappa shape index (κ2) is 7.96. The highest BCUT2D eigenvalue weighted by Gasteiger charge is 2.22. The van der Waals surface area contributed by atoms with Crippen LogP contribution >= 0.6 is 23.2 Å². The minimum Gasteiger partial charge on any atom is -0.434 e. The number of nitrogen functional groups attached to an aromatic ring is 1. The van der Waals surface area contributed by atoms with Gasteiger partial charge in [0.2, 0.25) is 11.7 Å². The molecule has 0 aliphatic heterocycles. The molecule has 0 radical (unpaired) electrons. The van der Waals surface area contributed by atoms with Crippen molar-refractivity contribution in [1.82, 2.24) is 25.0 Å². The quantitative estimate of drug-likeness (QED) is 0.551. The molecule has 0 atom stereocenters. The summed E-state index contributed by atoms with van der Waals surface area (Å²) in [4.78, 5) is 37.6. The highest BCUT2D eigenvalue weighted by Crippen LogP contribution is 2.38. The molecular formula is C18H16Cl2N6O4. The number of nitrogens with two attached hydrogens (primary N) is 1. The molecule has 1 aromatic carbocycles. The molecule has 156 valence electrons. The first kappa shape index (κ1) is 20.2. The zero-order valence-corrected chi connectivity index (χ0v) is 17.0. The highest BCUT2D eigenvalue weighted by atomic mass is 35.5. The van der Waals surface area contributed by atoms with Crippen LogP contribution in [0.15, 0.2) is 32.6 Å². The lowest BCUT2D eigenvalue weighted by atomic mass is 10.00. The van der Waals surface area contributed by atoms with E-state index in [2.05, 4.69) is 15.3 Å². The monoisotopic (exact) mass is 450 g/mol. The summed E-state index contributed by atoms with van der Waals surface area (Å²) < 4.78 is 6.58. The van der Waals surface area contributed by atoms with Gasteiger partial charge in [0.25, 0.3) is 11.1 Å². The molecule has 1 aliphatic carbocycles. The Morgan fingerprint density at radius 1 is 1.07 bits per heavy atom. The number of hydrogen-bond donors (Lipinski definition) is 3. The van der Waals surface area contributed by atoms with Crippen LogP contribution in [0.1, 0.15) is 37.2 Å². The van der Waals surface area contributed by atoms with Crippen LogP contribution in [-0.2, 0) is 0 Å². The van der Waals surface area contributed by atoms with E-state index in [1.54, 1.807) is 6.07 Å². The summed E-state index contributed by atoms with van der Waals surface area (Å²) in [5, 5.41) is 10.2. The first-order valence-corrected chi connectivity index (χ1v) is 9.85. The van der Waals surface area contributed by atoms with E-state index in [4.69, 9.17) is 33.7 Å². The van der Waals surface area contributed by atoms with E-state index in [9.17, 15) is 14.4 Å². The molecule has 0 amide bonds. The second-order valence-corrected chi connectivity index (χ2v) is 7.68. The SMILES string of the molecule is Nc1nn(-c2cc(Cl)c(Oc3cc(C4CCCC4)c(=O)[nH]n3)c(Cl)c2)c(=O)[nH]c1=O. The van der Waals surface area contributed by atoms with Crippen LogP contribution in [0, 0.1) is 0 Å². The molecule has 0 spiro atoms. The summed E-state index contributed by atoms with van der Waals surface area (Å²) in [5.41, 5.74) is 4.41. The lowest BCUT2D eigenvalue weighted by Crippen LogP contribution is -2.33. The lowest BCUT2D eigenvalue weighted by molar-refractivity contribution is 0.452. The van der Waals surface area contributed by atoms with Gasteiger partial charge in [0.1, 0.15) is 0 Å². The third-order valence-electron chi connectivity index (χ3n) is 4.89. The number of nitrogens with one attached hydrogen (secondary N) is 2. The Morgan fingerprint density at radius 2 is 1.73 bits per heavy atom. The van der Waals surface area contributed by atoms with Gasteiger partial charge in [-0.2, -0.15) is 4.68 Å². The predicted molar refractivity (Wildman–Crippen MR) is 111 cm³/mol. The van der Waals surface area contributed by atoms with Crippen LogP contribution in [0.4, 0.5) is 5.82 Å². The van der Waals surface area contributed by atoms with E-state index in [1.165, 1.54) is 12.1 Å². The molecule has 10 nitrogen and oxygen atoms in total. The van der Waals surface area contributed by atoms with Crippen molar-refractivity contribution in [3.63, 3.8) is 0 Å². The predicted octanol–water partition coefficient (Wildman–Crippen LogP) is 2.34. The third kappa shape index (κ3) is 3.83. The van der Waals surface area contributed by atoms with Gasteiger partial charge in [-0.05, 0) is 30.9 Å². The van der Waals surface area contributed by atoms with Crippen molar-refractivity contribution in [2.75, 3.05) is 5.73 Å². The molecule has 12 heteroatoms. The Labute approximate surface area is 178 Å². The molecule has 0 bridgehead atoms. The topological polar surface area (TPSA) is 149 Å². The molecule has 0 saturated heterocycles. The van der Waals surface area contributed by atoms with E-state index < -0.39 is 11.2 Å². The third-order valence-corrected chi connectivity index (χ3v) is 5.45. The van der Waals surface area contributed by atoms with E-state index in [-0.39, 0.29) is 44.7 Å². The second-order valence-electron chi connectivity index (χ2n) is 6.87.